The molecule has 1 N–H and O–H groups in total. The predicted molar refractivity (Wildman–Crippen MR) is 74.6 cm³/mol. The van der Waals surface area contributed by atoms with E-state index < -0.39 is 5.92 Å². The number of amides is 1. The quantitative estimate of drug-likeness (QED) is 0.916. The maximum absolute atomic E-state index is 12.1. The molecule has 1 aromatic heterocycles. The molecule has 1 amide bonds. The van der Waals surface area contributed by atoms with E-state index in [1.54, 1.807) is 23.0 Å². The molecule has 5 nitrogen and oxygen atoms in total. The fourth-order valence-electron chi connectivity index (χ4n) is 1.93. The normalized spacial score (nSPS) is 11.7. The highest BCUT2D eigenvalue weighted by Crippen LogP contribution is 2.15. The van der Waals surface area contributed by atoms with Gasteiger partial charge in [0.2, 0.25) is 5.91 Å². The average molecular weight is 268 g/mol. The van der Waals surface area contributed by atoms with Crippen molar-refractivity contribution < 1.29 is 4.79 Å². The van der Waals surface area contributed by atoms with Gasteiger partial charge in [-0.3, -0.25) is 9.48 Å². The summed E-state index contributed by atoms with van der Waals surface area (Å²) in [6.07, 6.45) is 1.72. The molecule has 2 rings (SSSR count). The first-order valence-corrected chi connectivity index (χ1v) is 6.33. The standard InChI is InChI=1S/C15H16N4O/c1-11-13(10-18-19(11)2)9-17-15(20)14(8-16)12-6-4-3-5-7-12/h3-7,10,14H,9H2,1-2H3,(H,17,20). The lowest BCUT2D eigenvalue weighted by Crippen LogP contribution is -2.28. The Bertz CT molecular complexity index is 640. The highest BCUT2D eigenvalue weighted by Gasteiger charge is 2.19. The van der Waals surface area contributed by atoms with Crippen LogP contribution >= 0.6 is 0 Å². The van der Waals surface area contributed by atoms with Gasteiger partial charge in [0.1, 0.15) is 5.92 Å². The summed E-state index contributed by atoms with van der Waals surface area (Å²) in [7, 11) is 1.85. The van der Waals surface area contributed by atoms with E-state index in [-0.39, 0.29) is 5.91 Å². The number of nitriles is 1. The van der Waals surface area contributed by atoms with E-state index in [0.717, 1.165) is 11.3 Å². The van der Waals surface area contributed by atoms with Gasteiger partial charge in [-0.05, 0) is 12.5 Å². The molecule has 102 valence electrons. The highest BCUT2D eigenvalue weighted by molar-refractivity contribution is 5.86. The summed E-state index contributed by atoms with van der Waals surface area (Å²) < 4.78 is 1.75. The smallest absolute Gasteiger partial charge is 0.242 e. The molecular weight excluding hydrogens is 252 g/mol. The number of carbonyl (C=O) groups excluding carboxylic acids is 1. The fourth-order valence-corrected chi connectivity index (χ4v) is 1.93. The summed E-state index contributed by atoms with van der Waals surface area (Å²) in [5, 5.41) is 16.1. The van der Waals surface area contributed by atoms with Gasteiger partial charge in [-0.15, -0.1) is 0 Å². The molecule has 5 heteroatoms. The molecule has 0 fully saturated rings. The fraction of sp³-hybridized carbons (Fsp3) is 0.267. The number of carbonyl (C=O) groups is 1. The maximum atomic E-state index is 12.1. The van der Waals surface area contributed by atoms with Crippen LogP contribution in [0.25, 0.3) is 0 Å². The number of aryl methyl sites for hydroxylation is 1. The lowest BCUT2D eigenvalue weighted by molar-refractivity contribution is -0.121. The van der Waals surface area contributed by atoms with Crippen molar-refractivity contribution in [1.29, 1.82) is 5.26 Å². The number of rotatable bonds is 4. The predicted octanol–water partition coefficient (Wildman–Crippen LogP) is 1.65. The van der Waals surface area contributed by atoms with Gasteiger partial charge in [-0.25, -0.2) is 0 Å². The van der Waals surface area contributed by atoms with Crippen LogP contribution in [0.5, 0.6) is 0 Å². The van der Waals surface area contributed by atoms with Crippen LogP contribution in [-0.4, -0.2) is 15.7 Å². The third kappa shape index (κ3) is 2.86. The molecule has 0 aliphatic heterocycles. The summed E-state index contributed by atoms with van der Waals surface area (Å²) in [6, 6.07) is 11.1. The van der Waals surface area contributed by atoms with Crippen LogP contribution in [0.15, 0.2) is 36.5 Å². The number of nitrogens with one attached hydrogen (secondary N) is 1. The van der Waals surface area contributed by atoms with Gasteiger partial charge in [0.25, 0.3) is 0 Å². The van der Waals surface area contributed by atoms with Crippen LogP contribution in [0.1, 0.15) is 22.7 Å². The number of benzene rings is 1. The van der Waals surface area contributed by atoms with Crippen molar-refractivity contribution in [2.75, 3.05) is 0 Å². The van der Waals surface area contributed by atoms with Gasteiger partial charge >= 0.3 is 0 Å². The van der Waals surface area contributed by atoms with Gasteiger partial charge in [0.15, 0.2) is 0 Å². The largest absolute Gasteiger partial charge is 0.350 e. The molecule has 2 aromatic rings. The molecule has 1 heterocycles. The van der Waals surface area contributed by atoms with Crippen LogP contribution in [0.4, 0.5) is 0 Å². The first-order valence-electron chi connectivity index (χ1n) is 6.33. The van der Waals surface area contributed by atoms with Crippen molar-refractivity contribution in [1.82, 2.24) is 15.1 Å². The molecule has 1 aromatic carbocycles. The molecule has 20 heavy (non-hydrogen) atoms. The van der Waals surface area contributed by atoms with Gasteiger partial charge in [0, 0.05) is 24.8 Å². The Morgan fingerprint density at radius 2 is 2.15 bits per heavy atom. The second-order valence-electron chi connectivity index (χ2n) is 4.57. The Hall–Kier alpha value is -2.61. The minimum atomic E-state index is -0.784. The minimum absolute atomic E-state index is 0.290. The zero-order valence-electron chi connectivity index (χ0n) is 11.5. The molecule has 0 spiro atoms. The first kappa shape index (κ1) is 13.8. The molecule has 0 aliphatic rings. The molecule has 1 atom stereocenters. The van der Waals surface area contributed by atoms with Crippen LogP contribution in [-0.2, 0) is 18.4 Å². The first-order chi connectivity index (χ1) is 9.63. The maximum Gasteiger partial charge on any atom is 0.242 e. The summed E-state index contributed by atoms with van der Waals surface area (Å²) in [4.78, 5) is 12.1. The molecular formula is C15H16N4O. The Kier molecular flexibility index (Phi) is 4.16. The molecule has 1 unspecified atom stereocenters. The van der Waals surface area contributed by atoms with E-state index in [1.807, 2.05) is 38.2 Å². The third-order valence-corrected chi connectivity index (χ3v) is 3.31. The Labute approximate surface area is 117 Å². The summed E-state index contributed by atoms with van der Waals surface area (Å²) >= 11 is 0. The lowest BCUT2D eigenvalue weighted by Gasteiger charge is -2.10. The van der Waals surface area contributed by atoms with Gasteiger partial charge in [-0.2, -0.15) is 10.4 Å². The second-order valence-corrected chi connectivity index (χ2v) is 4.57. The highest BCUT2D eigenvalue weighted by atomic mass is 16.1. The average Bonchev–Trinajstić information content (AvgIpc) is 2.78. The Morgan fingerprint density at radius 3 is 2.70 bits per heavy atom. The second kappa shape index (κ2) is 6.02. The monoisotopic (exact) mass is 268 g/mol. The summed E-state index contributed by atoms with van der Waals surface area (Å²) in [5.41, 5.74) is 2.65. The van der Waals surface area contributed by atoms with E-state index in [1.165, 1.54) is 0 Å². The van der Waals surface area contributed by atoms with Crippen molar-refractivity contribution in [2.24, 2.45) is 7.05 Å². The number of aromatic nitrogens is 2. The van der Waals surface area contributed by atoms with E-state index >= 15 is 0 Å². The van der Waals surface area contributed by atoms with E-state index in [0.29, 0.717) is 12.1 Å². The van der Waals surface area contributed by atoms with Crippen molar-refractivity contribution in [3.8, 4) is 6.07 Å². The Morgan fingerprint density at radius 1 is 1.45 bits per heavy atom. The van der Waals surface area contributed by atoms with E-state index in [2.05, 4.69) is 10.4 Å². The van der Waals surface area contributed by atoms with Crippen molar-refractivity contribution >= 4 is 5.91 Å². The molecule has 0 saturated heterocycles. The van der Waals surface area contributed by atoms with Crippen LogP contribution in [0.2, 0.25) is 0 Å². The van der Waals surface area contributed by atoms with Gasteiger partial charge < -0.3 is 5.32 Å². The molecule has 0 aliphatic carbocycles. The van der Waals surface area contributed by atoms with E-state index in [4.69, 9.17) is 0 Å². The molecule has 0 radical (unpaired) electrons. The van der Waals surface area contributed by atoms with Crippen LogP contribution in [0.3, 0.4) is 0 Å². The zero-order chi connectivity index (χ0) is 14.5. The number of hydrogen-bond donors (Lipinski definition) is 1. The van der Waals surface area contributed by atoms with Crippen LogP contribution < -0.4 is 5.32 Å². The summed E-state index contributed by atoms with van der Waals surface area (Å²) in [5.74, 6) is -1.07. The van der Waals surface area contributed by atoms with Gasteiger partial charge in [0.05, 0.1) is 12.3 Å². The summed E-state index contributed by atoms with van der Waals surface area (Å²) in [6.45, 7) is 2.32. The lowest BCUT2D eigenvalue weighted by atomic mass is 10.00. The molecule has 0 bridgehead atoms. The molecule has 0 saturated carbocycles. The van der Waals surface area contributed by atoms with Crippen molar-refractivity contribution in [2.45, 2.75) is 19.4 Å². The number of nitrogens with zero attached hydrogens (tertiary/aromatic N) is 3. The van der Waals surface area contributed by atoms with Gasteiger partial charge in [-0.1, -0.05) is 30.3 Å². The van der Waals surface area contributed by atoms with Crippen LogP contribution in [0, 0.1) is 18.3 Å². The number of hydrogen-bond acceptors (Lipinski definition) is 3. The van der Waals surface area contributed by atoms with Crippen molar-refractivity contribution in [3.63, 3.8) is 0 Å². The Balaban J connectivity index is 2.04. The SMILES string of the molecule is Cc1c(CNC(=O)C(C#N)c2ccccc2)cnn1C. The zero-order valence-corrected chi connectivity index (χ0v) is 11.5. The third-order valence-electron chi connectivity index (χ3n) is 3.31. The minimum Gasteiger partial charge on any atom is -0.350 e. The van der Waals surface area contributed by atoms with E-state index in [9.17, 15) is 10.1 Å². The van der Waals surface area contributed by atoms with Crippen molar-refractivity contribution in [3.05, 3.63) is 53.3 Å². The topological polar surface area (TPSA) is 70.7 Å².